The van der Waals surface area contributed by atoms with Crippen LogP contribution in [-0.2, 0) is 36.5 Å². The molecule has 0 unspecified atom stereocenters. The maximum atomic E-state index is 14.1. The molecule has 8 nitrogen and oxygen atoms in total. The third-order valence-electron chi connectivity index (χ3n) is 8.09. The fraction of sp³-hybridized carbons (Fsp3) is 0.444. The summed E-state index contributed by atoms with van der Waals surface area (Å²) in [6.45, 7) is 0.898. The average molecular weight is 528 g/mol. The van der Waals surface area contributed by atoms with Gasteiger partial charge >= 0.3 is 6.18 Å². The van der Waals surface area contributed by atoms with Gasteiger partial charge in [-0.15, -0.1) is 10.2 Å². The van der Waals surface area contributed by atoms with Crippen LogP contribution in [0.5, 0.6) is 0 Å². The predicted octanol–water partition coefficient (Wildman–Crippen LogP) is 3.27. The van der Waals surface area contributed by atoms with E-state index in [1.165, 1.54) is 4.90 Å². The highest BCUT2D eigenvalue weighted by molar-refractivity contribution is 6.10. The van der Waals surface area contributed by atoms with Crippen LogP contribution >= 0.6 is 0 Å². The Balaban J connectivity index is 1.35. The molecule has 1 aliphatic carbocycles. The minimum atomic E-state index is -4.59. The Morgan fingerprint density at radius 3 is 2.58 bits per heavy atom. The number of alkyl halides is 3. The lowest BCUT2D eigenvalue weighted by atomic mass is 9.62. The summed E-state index contributed by atoms with van der Waals surface area (Å²) in [7, 11) is 3.54. The van der Waals surface area contributed by atoms with Gasteiger partial charge in [0.15, 0.2) is 0 Å². The number of aromatic nitrogens is 3. The second-order valence-corrected chi connectivity index (χ2v) is 10.6. The first-order chi connectivity index (χ1) is 18.1. The third kappa shape index (κ3) is 4.00. The van der Waals surface area contributed by atoms with Gasteiger partial charge in [0.25, 0.3) is 5.91 Å². The standard InChI is InChI=1S/C27H28F3N5O3/c1-33-15-31-32-25(33)26(9-20(10-26)38-2)17-4-3-5-18(8-17)35-14-22-21(24(35)37)6-16(7-23(22)27(28,29)30)11-34-12-19(36)13-34/h3-8,15,19-20,36H,9-14H2,1-2H3. The van der Waals surface area contributed by atoms with E-state index in [0.717, 1.165) is 17.5 Å². The fourth-order valence-electron chi connectivity index (χ4n) is 6.07. The Kier molecular flexibility index (Phi) is 5.85. The molecule has 3 aliphatic rings. The van der Waals surface area contributed by atoms with Crippen molar-refractivity contribution in [3.8, 4) is 0 Å². The van der Waals surface area contributed by atoms with Gasteiger partial charge in [0.2, 0.25) is 0 Å². The molecule has 2 aromatic carbocycles. The molecule has 2 fully saturated rings. The number of nitrogens with zero attached hydrogens (tertiary/aromatic N) is 5. The number of fused-ring (bicyclic) bond motifs is 1. The van der Waals surface area contributed by atoms with Crippen molar-refractivity contribution in [1.29, 1.82) is 0 Å². The molecule has 1 saturated carbocycles. The SMILES string of the molecule is COC1CC(c2cccc(N3Cc4c(cc(CN5CC(O)C5)cc4C(F)(F)F)C3=O)c2)(c2nncn2C)C1. The molecule has 0 radical (unpaired) electrons. The molecule has 1 N–H and O–H groups in total. The summed E-state index contributed by atoms with van der Waals surface area (Å²) < 4.78 is 49.7. The number of rotatable bonds is 6. The molecular weight excluding hydrogens is 499 g/mol. The van der Waals surface area contributed by atoms with Crippen molar-refractivity contribution >= 4 is 11.6 Å². The molecule has 3 aromatic rings. The van der Waals surface area contributed by atoms with Gasteiger partial charge in [-0.2, -0.15) is 13.2 Å². The second kappa shape index (κ2) is 8.89. The smallest absolute Gasteiger partial charge is 0.390 e. The number of carbonyl (C=O) groups is 1. The number of β-amino-alcohol motifs (C(OH)–C–C–N with tert-alkyl or cyclic N) is 1. The van der Waals surface area contributed by atoms with E-state index < -0.39 is 29.2 Å². The van der Waals surface area contributed by atoms with Crippen molar-refractivity contribution in [2.24, 2.45) is 7.05 Å². The quantitative estimate of drug-likeness (QED) is 0.530. The average Bonchev–Trinajstić information content (AvgIpc) is 3.40. The molecule has 0 atom stereocenters. The molecule has 2 aliphatic heterocycles. The van der Waals surface area contributed by atoms with E-state index >= 15 is 0 Å². The second-order valence-electron chi connectivity index (χ2n) is 10.6. The first-order valence-electron chi connectivity index (χ1n) is 12.5. The number of carbonyl (C=O) groups excluding carboxylic acids is 1. The number of hydrogen-bond donors (Lipinski definition) is 1. The zero-order valence-corrected chi connectivity index (χ0v) is 21.1. The molecule has 3 heterocycles. The minimum Gasteiger partial charge on any atom is -0.390 e. The zero-order chi connectivity index (χ0) is 26.8. The summed E-state index contributed by atoms with van der Waals surface area (Å²) in [4.78, 5) is 16.8. The highest BCUT2D eigenvalue weighted by Crippen LogP contribution is 2.50. The Labute approximate surface area is 217 Å². The Morgan fingerprint density at radius 1 is 1.18 bits per heavy atom. The Morgan fingerprint density at radius 2 is 1.95 bits per heavy atom. The van der Waals surface area contributed by atoms with Gasteiger partial charge < -0.3 is 19.3 Å². The van der Waals surface area contributed by atoms with E-state index in [1.54, 1.807) is 25.6 Å². The van der Waals surface area contributed by atoms with Crippen molar-refractivity contribution in [1.82, 2.24) is 19.7 Å². The Hall–Kier alpha value is -3.28. The van der Waals surface area contributed by atoms with Gasteiger partial charge in [-0.1, -0.05) is 12.1 Å². The van der Waals surface area contributed by atoms with Crippen LogP contribution in [0.25, 0.3) is 0 Å². The topological polar surface area (TPSA) is 83.7 Å². The molecule has 0 bridgehead atoms. The number of hydrogen-bond acceptors (Lipinski definition) is 6. The van der Waals surface area contributed by atoms with Gasteiger partial charge in [0.1, 0.15) is 12.2 Å². The third-order valence-corrected chi connectivity index (χ3v) is 8.09. The van der Waals surface area contributed by atoms with Gasteiger partial charge in [-0.3, -0.25) is 9.69 Å². The molecule has 11 heteroatoms. The maximum Gasteiger partial charge on any atom is 0.416 e. The van der Waals surface area contributed by atoms with Crippen LogP contribution in [0.15, 0.2) is 42.7 Å². The summed E-state index contributed by atoms with van der Waals surface area (Å²) in [5.74, 6) is 0.323. The maximum absolute atomic E-state index is 14.1. The number of aryl methyl sites for hydroxylation is 1. The molecule has 0 spiro atoms. The van der Waals surface area contributed by atoms with Crippen LogP contribution in [0, 0.1) is 0 Å². The van der Waals surface area contributed by atoms with Crippen LogP contribution in [-0.4, -0.2) is 63.1 Å². The van der Waals surface area contributed by atoms with E-state index in [0.29, 0.717) is 37.2 Å². The van der Waals surface area contributed by atoms with Crippen molar-refractivity contribution in [3.05, 3.63) is 76.4 Å². The molecule has 1 amide bonds. The normalized spacial score (nSPS) is 23.9. The predicted molar refractivity (Wildman–Crippen MR) is 131 cm³/mol. The summed E-state index contributed by atoms with van der Waals surface area (Å²) in [6, 6.07) is 10.1. The van der Waals surface area contributed by atoms with Crippen molar-refractivity contribution < 1.29 is 27.8 Å². The van der Waals surface area contributed by atoms with Crippen LogP contribution in [0.3, 0.4) is 0 Å². The number of aliphatic hydroxyl groups excluding tert-OH is 1. The first-order valence-corrected chi connectivity index (χ1v) is 12.5. The van der Waals surface area contributed by atoms with Crippen molar-refractivity contribution in [3.63, 3.8) is 0 Å². The highest BCUT2D eigenvalue weighted by atomic mass is 19.4. The molecule has 38 heavy (non-hydrogen) atoms. The number of methoxy groups -OCH3 is 1. The summed E-state index contributed by atoms with van der Waals surface area (Å²) in [6.07, 6.45) is -2.01. The number of benzene rings is 2. The highest BCUT2D eigenvalue weighted by Gasteiger charge is 2.50. The van der Waals surface area contributed by atoms with Crippen LogP contribution in [0.2, 0.25) is 0 Å². The molecular formula is C27H28F3N5O3. The van der Waals surface area contributed by atoms with E-state index in [9.17, 15) is 23.1 Å². The molecule has 6 rings (SSSR count). The van der Waals surface area contributed by atoms with Gasteiger partial charge in [0.05, 0.1) is 29.7 Å². The molecule has 200 valence electrons. The van der Waals surface area contributed by atoms with Gasteiger partial charge in [-0.25, -0.2) is 0 Å². The van der Waals surface area contributed by atoms with Crippen LogP contribution < -0.4 is 4.90 Å². The van der Waals surface area contributed by atoms with E-state index in [2.05, 4.69) is 10.2 Å². The zero-order valence-electron chi connectivity index (χ0n) is 21.1. The summed E-state index contributed by atoms with van der Waals surface area (Å²) >= 11 is 0. The summed E-state index contributed by atoms with van der Waals surface area (Å²) in [5, 5.41) is 17.9. The number of anilines is 1. The number of halogens is 3. The van der Waals surface area contributed by atoms with E-state index in [4.69, 9.17) is 4.74 Å². The van der Waals surface area contributed by atoms with Crippen molar-refractivity contribution in [2.45, 2.75) is 49.7 Å². The van der Waals surface area contributed by atoms with Crippen LogP contribution in [0.4, 0.5) is 18.9 Å². The number of ether oxygens (including phenoxy) is 1. The number of amides is 1. The molecule has 1 aromatic heterocycles. The lowest BCUT2D eigenvalue weighted by molar-refractivity contribution is -0.138. The van der Waals surface area contributed by atoms with Gasteiger partial charge in [-0.05, 0) is 53.8 Å². The van der Waals surface area contributed by atoms with E-state index in [-0.39, 0.29) is 30.3 Å². The van der Waals surface area contributed by atoms with Gasteiger partial charge in [0, 0.05) is 45.0 Å². The first kappa shape index (κ1) is 25.0. The lowest BCUT2D eigenvalue weighted by Crippen LogP contribution is -2.49. The lowest BCUT2D eigenvalue weighted by Gasteiger charge is -2.46. The fourth-order valence-corrected chi connectivity index (χ4v) is 6.07. The number of aliphatic hydroxyl groups is 1. The van der Waals surface area contributed by atoms with E-state index in [1.807, 2.05) is 34.7 Å². The minimum absolute atomic E-state index is 0.00796. The number of likely N-dealkylation sites (tertiary alicyclic amines) is 1. The largest absolute Gasteiger partial charge is 0.416 e. The van der Waals surface area contributed by atoms with Crippen molar-refractivity contribution in [2.75, 3.05) is 25.1 Å². The Bertz CT molecular complexity index is 1390. The van der Waals surface area contributed by atoms with Crippen LogP contribution in [0.1, 0.15) is 51.3 Å². The molecule has 1 saturated heterocycles. The monoisotopic (exact) mass is 527 g/mol. The summed E-state index contributed by atoms with van der Waals surface area (Å²) in [5.41, 5.74) is 0.675.